The molecular formula is C14H24N2O2S. The summed E-state index contributed by atoms with van der Waals surface area (Å²) in [4.78, 5) is 2.32. The lowest BCUT2D eigenvalue weighted by Gasteiger charge is -2.26. The van der Waals surface area contributed by atoms with Crippen LogP contribution < -0.4 is 5.32 Å². The average Bonchev–Trinajstić information content (AvgIpc) is 2.76. The first kappa shape index (κ1) is 14.8. The third-order valence-electron chi connectivity index (χ3n) is 3.28. The van der Waals surface area contributed by atoms with Crippen LogP contribution in [0.15, 0.2) is 16.7 Å². The number of nitrogens with zero attached hydrogens (tertiary/aromatic N) is 1. The Labute approximate surface area is 118 Å². The molecule has 0 spiro atoms. The molecule has 0 aliphatic carbocycles. The molecule has 1 saturated heterocycles. The van der Waals surface area contributed by atoms with Crippen LogP contribution in [-0.4, -0.2) is 39.2 Å². The van der Waals surface area contributed by atoms with Crippen LogP contribution in [0.5, 0.6) is 0 Å². The summed E-state index contributed by atoms with van der Waals surface area (Å²) in [6.45, 7) is 9.94. The topological polar surface area (TPSA) is 45.5 Å². The maximum atomic E-state index is 11.3. The van der Waals surface area contributed by atoms with Gasteiger partial charge in [0.25, 0.3) is 0 Å². The van der Waals surface area contributed by atoms with Crippen LogP contribution in [0.25, 0.3) is 0 Å². The minimum Gasteiger partial charge on any atom is -0.468 e. The Morgan fingerprint density at radius 1 is 1.37 bits per heavy atom. The molecule has 1 aliphatic heterocycles. The van der Waals surface area contributed by atoms with Gasteiger partial charge in [-0.25, -0.2) is 0 Å². The summed E-state index contributed by atoms with van der Waals surface area (Å²) in [6.07, 6.45) is 1.76. The molecule has 1 N–H and O–H groups in total. The van der Waals surface area contributed by atoms with Gasteiger partial charge < -0.3 is 9.73 Å². The fourth-order valence-electron chi connectivity index (χ4n) is 2.06. The summed E-state index contributed by atoms with van der Waals surface area (Å²) in [5.74, 6) is 2.61. The monoisotopic (exact) mass is 284 g/mol. The molecule has 0 radical (unpaired) electrons. The van der Waals surface area contributed by atoms with Gasteiger partial charge in [-0.2, -0.15) is 0 Å². The normalized spacial score (nSPS) is 18.9. The zero-order valence-corrected chi connectivity index (χ0v) is 12.9. The van der Waals surface area contributed by atoms with E-state index in [4.69, 9.17) is 4.42 Å². The summed E-state index contributed by atoms with van der Waals surface area (Å²) in [5, 5.41) is 3.48. The molecule has 4 nitrogen and oxygen atoms in total. The van der Waals surface area contributed by atoms with Gasteiger partial charge in [-0.3, -0.25) is 9.11 Å². The smallest absolute Gasteiger partial charge is 0.122 e. The van der Waals surface area contributed by atoms with Gasteiger partial charge in [0.1, 0.15) is 5.76 Å². The molecule has 2 heterocycles. The van der Waals surface area contributed by atoms with Gasteiger partial charge in [0.05, 0.1) is 12.8 Å². The van der Waals surface area contributed by atoms with Crippen LogP contribution in [0.1, 0.15) is 32.1 Å². The van der Waals surface area contributed by atoms with E-state index in [9.17, 15) is 4.21 Å². The lowest BCUT2D eigenvalue weighted by molar-refractivity contribution is 0.263. The highest BCUT2D eigenvalue weighted by atomic mass is 32.2. The van der Waals surface area contributed by atoms with E-state index in [-0.39, 0.29) is 5.54 Å². The van der Waals surface area contributed by atoms with Gasteiger partial charge in [-0.05, 0) is 26.8 Å². The predicted molar refractivity (Wildman–Crippen MR) is 78.5 cm³/mol. The molecule has 2 rings (SSSR count). The van der Waals surface area contributed by atoms with E-state index < -0.39 is 10.8 Å². The van der Waals surface area contributed by atoms with Crippen molar-refractivity contribution < 1.29 is 8.63 Å². The van der Waals surface area contributed by atoms with E-state index in [1.165, 1.54) is 5.56 Å². The standard InChI is InChI=1S/C14H24N2O2S/c1-14(2,3)15-10-12-4-7-18-13(12)11-16-5-8-19(17)9-6-16/h4,7,15H,5-6,8-11H2,1-3H3. The number of furan rings is 1. The van der Waals surface area contributed by atoms with Crippen molar-refractivity contribution in [1.29, 1.82) is 0 Å². The molecule has 0 aromatic carbocycles. The van der Waals surface area contributed by atoms with Crippen molar-refractivity contribution in [3.63, 3.8) is 0 Å². The molecule has 0 unspecified atom stereocenters. The van der Waals surface area contributed by atoms with E-state index in [0.29, 0.717) is 0 Å². The summed E-state index contributed by atoms with van der Waals surface area (Å²) in [7, 11) is -0.614. The van der Waals surface area contributed by atoms with Crippen LogP contribution in [0.3, 0.4) is 0 Å². The Bertz CT molecular complexity index is 427. The molecule has 108 valence electrons. The first-order chi connectivity index (χ1) is 8.94. The van der Waals surface area contributed by atoms with E-state index in [1.54, 1.807) is 6.26 Å². The van der Waals surface area contributed by atoms with Crippen LogP contribution in [-0.2, 0) is 23.9 Å². The van der Waals surface area contributed by atoms with Gasteiger partial charge in [-0.1, -0.05) is 0 Å². The van der Waals surface area contributed by atoms with Crippen molar-refractivity contribution in [2.75, 3.05) is 24.6 Å². The van der Waals surface area contributed by atoms with Gasteiger partial charge in [0, 0.05) is 53.0 Å². The lowest BCUT2D eigenvalue weighted by atomic mass is 10.1. The minimum absolute atomic E-state index is 0.108. The van der Waals surface area contributed by atoms with Gasteiger partial charge in [0.15, 0.2) is 0 Å². The van der Waals surface area contributed by atoms with Crippen molar-refractivity contribution in [3.8, 4) is 0 Å². The van der Waals surface area contributed by atoms with Gasteiger partial charge >= 0.3 is 0 Å². The third-order valence-corrected chi connectivity index (χ3v) is 4.56. The summed E-state index contributed by atoms with van der Waals surface area (Å²) in [6, 6.07) is 2.04. The lowest BCUT2D eigenvalue weighted by Crippen LogP contribution is -2.38. The Morgan fingerprint density at radius 3 is 2.68 bits per heavy atom. The quantitative estimate of drug-likeness (QED) is 0.914. The third kappa shape index (κ3) is 4.75. The van der Waals surface area contributed by atoms with E-state index in [0.717, 1.165) is 43.4 Å². The molecular weight excluding hydrogens is 260 g/mol. The van der Waals surface area contributed by atoms with Crippen molar-refractivity contribution in [2.45, 2.75) is 39.4 Å². The van der Waals surface area contributed by atoms with Crippen molar-refractivity contribution in [1.82, 2.24) is 10.2 Å². The second-order valence-electron chi connectivity index (χ2n) is 6.10. The summed E-state index contributed by atoms with van der Waals surface area (Å²) in [5.41, 5.74) is 1.33. The first-order valence-corrected chi connectivity index (χ1v) is 8.30. The fraction of sp³-hybridized carbons (Fsp3) is 0.714. The zero-order valence-electron chi connectivity index (χ0n) is 12.1. The summed E-state index contributed by atoms with van der Waals surface area (Å²) < 4.78 is 16.9. The van der Waals surface area contributed by atoms with Crippen molar-refractivity contribution in [2.24, 2.45) is 0 Å². The molecule has 5 heteroatoms. The largest absolute Gasteiger partial charge is 0.468 e. The molecule has 19 heavy (non-hydrogen) atoms. The summed E-state index contributed by atoms with van der Waals surface area (Å²) >= 11 is 0. The fourth-order valence-corrected chi connectivity index (χ4v) is 3.19. The first-order valence-electron chi connectivity index (χ1n) is 6.82. The highest BCUT2D eigenvalue weighted by Crippen LogP contribution is 2.15. The second kappa shape index (κ2) is 6.20. The molecule has 1 fully saturated rings. The molecule has 0 saturated carbocycles. The van der Waals surface area contributed by atoms with E-state index in [1.807, 2.05) is 6.07 Å². The van der Waals surface area contributed by atoms with Crippen LogP contribution in [0.2, 0.25) is 0 Å². The maximum Gasteiger partial charge on any atom is 0.122 e. The van der Waals surface area contributed by atoms with Crippen molar-refractivity contribution >= 4 is 10.8 Å². The molecule has 0 amide bonds. The van der Waals surface area contributed by atoms with Crippen molar-refractivity contribution in [3.05, 3.63) is 23.7 Å². The predicted octanol–water partition coefficient (Wildman–Crippen LogP) is 1.73. The highest BCUT2D eigenvalue weighted by Gasteiger charge is 2.18. The van der Waals surface area contributed by atoms with Crippen LogP contribution >= 0.6 is 0 Å². The Morgan fingerprint density at radius 2 is 2.05 bits per heavy atom. The maximum absolute atomic E-state index is 11.3. The SMILES string of the molecule is CC(C)(C)NCc1ccoc1CN1CCS(=O)CC1. The Kier molecular flexibility index (Phi) is 4.81. The highest BCUT2D eigenvalue weighted by molar-refractivity contribution is 7.85. The minimum atomic E-state index is -0.614. The molecule has 0 bridgehead atoms. The van der Waals surface area contributed by atoms with E-state index >= 15 is 0 Å². The van der Waals surface area contributed by atoms with E-state index in [2.05, 4.69) is 31.0 Å². The molecule has 0 atom stereocenters. The molecule has 1 aromatic heterocycles. The number of hydrogen-bond acceptors (Lipinski definition) is 4. The van der Waals surface area contributed by atoms with Gasteiger partial charge in [-0.15, -0.1) is 0 Å². The number of hydrogen-bond donors (Lipinski definition) is 1. The zero-order chi connectivity index (χ0) is 13.9. The average molecular weight is 284 g/mol. The van der Waals surface area contributed by atoms with Gasteiger partial charge in [0.2, 0.25) is 0 Å². The Balaban J connectivity index is 1.90. The van der Waals surface area contributed by atoms with Crippen LogP contribution in [0, 0.1) is 0 Å². The number of rotatable bonds is 4. The number of nitrogens with one attached hydrogen (secondary N) is 1. The van der Waals surface area contributed by atoms with Crippen LogP contribution in [0.4, 0.5) is 0 Å². The molecule has 1 aliphatic rings. The molecule has 1 aromatic rings. The second-order valence-corrected chi connectivity index (χ2v) is 7.79. The Hall–Kier alpha value is -0.650.